The second kappa shape index (κ2) is 5.63. The molecule has 0 bridgehead atoms. The maximum absolute atomic E-state index is 13.0. The van der Waals surface area contributed by atoms with Gasteiger partial charge in [-0.05, 0) is 24.6 Å². The molecule has 106 valence electrons. The molecule has 3 unspecified atom stereocenters. The van der Waals surface area contributed by atoms with Crippen LogP contribution >= 0.6 is 0 Å². The maximum atomic E-state index is 13.0. The molecule has 1 aromatic rings. The van der Waals surface area contributed by atoms with E-state index in [0.717, 1.165) is 12.5 Å². The third kappa shape index (κ3) is 3.36. The van der Waals surface area contributed by atoms with E-state index in [1.807, 2.05) is 6.92 Å². The second-order valence-corrected chi connectivity index (χ2v) is 6.64. The summed E-state index contributed by atoms with van der Waals surface area (Å²) in [4.78, 5) is 0. The Labute approximate surface area is 112 Å². The van der Waals surface area contributed by atoms with Crippen LogP contribution in [0.1, 0.15) is 30.5 Å². The molecule has 1 aliphatic heterocycles. The molecule has 19 heavy (non-hydrogen) atoms. The van der Waals surface area contributed by atoms with Crippen LogP contribution in [0, 0.1) is 0 Å². The highest BCUT2D eigenvalue weighted by Gasteiger charge is 2.36. The zero-order chi connectivity index (χ0) is 14.0. The van der Waals surface area contributed by atoms with Crippen molar-refractivity contribution >= 4 is 10.8 Å². The van der Waals surface area contributed by atoms with Gasteiger partial charge in [0, 0.05) is 27.8 Å². The number of alkyl halides is 3. The van der Waals surface area contributed by atoms with Crippen molar-refractivity contribution in [1.29, 1.82) is 0 Å². The second-order valence-electron chi connectivity index (χ2n) is 4.74. The van der Waals surface area contributed by atoms with Crippen molar-refractivity contribution in [3.8, 4) is 0 Å². The van der Waals surface area contributed by atoms with Crippen molar-refractivity contribution in [3.63, 3.8) is 0 Å². The van der Waals surface area contributed by atoms with Crippen molar-refractivity contribution in [2.45, 2.75) is 30.8 Å². The molecule has 1 saturated heterocycles. The summed E-state index contributed by atoms with van der Waals surface area (Å²) in [5.41, 5.74) is -0.448. The van der Waals surface area contributed by atoms with Crippen LogP contribution in [-0.4, -0.2) is 21.8 Å². The summed E-state index contributed by atoms with van der Waals surface area (Å²) in [6.07, 6.45) is -3.66. The van der Waals surface area contributed by atoms with E-state index in [1.165, 1.54) is 12.1 Å². The predicted molar refractivity (Wildman–Crippen MR) is 69.3 cm³/mol. The summed E-state index contributed by atoms with van der Waals surface area (Å²) < 4.78 is 50.9. The van der Waals surface area contributed by atoms with E-state index in [2.05, 4.69) is 5.32 Å². The molecule has 0 amide bonds. The monoisotopic (exact) mass is 291 g/mol. The lowest BCUT2D eigenvalue weighted by Crippen LogP contribution is -2.26. The van der Waals surface area contributed by atoms with E-state index in [1.54, 1.807) is 6.07 Å². The first kappa shape index (κ1) is 14.5. The zero-order valence-corrected chi connectivity index (χ0v) is 11.4. The lowest BCUT2D eigenvalue weighted by Gasteiger charge is -2.20. The molecule has 0 radical (unpaired) electrons. The molecule has 1 N–H and O–H groups in total. The molecule has 0 saturated carbocycles. The summed E-state index contributed by atoms with van der Waals surface area (Å²) in [6, 6.07) is 5.01. The Morgan fingerprint density at radius 3 is 2.68 bits per heavy atom. The van der Waals surface area contributed by atoms with Gasteiger partial charge in [0.1, 0.15) is 0 Å². The summed E-state index contributed by atoms with van der Waals surface area (Å²) >= 11 is 0. The lowest BCUT2D eigenvalue weighted by molar-refractivity contribution is -0.138. The predicted octanol–water partition coefficient (Wildman–Crippen LogP) is 2.88. The molecule has 3 atom stereocenters. The van der Waals surface area contributed by atoms with E-state index in [9.17, 15) is 17.4 Å². The molecule has 2 nitrogen and oxygen atoms in total. The van der Waals surface area contributed by atoms with Gasteiger partial charge in [0.15, 0.2) is 0 Å². The highest BCUT2D eigenvalue weighted by Crippen LogP contribution is 2.35. The maximum Gasteiger partial charge on any atom is 0.416 e. The first-order valence-corrected chi connectivity index (χ1v) is 7.54. The molecule has 2 rings (SSSR count). The number of benzene rings is 1. The minimum absolute atomic E-state index is 0.0237. The van der Waals surface area contributed by atoms with E-state index in [-0.39, 0.29) is 16.6 Å². The third-order valence-electron chi connectivity index (χ3n) is 3.36. The van der Waals surface area contributed by atoms with Gasteiger partial charge >= 0.3 is 6.18 Å². The standard InChI is InChI=1S/C13H16F3NOS/c1-9-6-7-17-12(8-19(9)18)10-4-2-3-5-11(10)13(14,15)16/h2-5,9,12,17H,6-8H2,1H3. The Hall–Kier alpha value is -0.880. The van der Waals surface area contributed by atoms with Gasteiger partial charge < -0.3 is 5.32 Å². The fourth-order valence-electron chi connectivity index (χ4n) is 2.24. The van der Waals surface area contributed by atoms with Gasteiger partial charge in [0.05, 0.1) is 5.56 Å². The SMILES string of the molecule is CC1CCNC(c2ccccc2C(F)(F)F)CS1=O. The Morgan fingerprint density at radius 2 is 2.00 bits per heavy atom. The highest BCUT2D eigenvalue weighted by atomic mass is 32.2. The van der Waals surface area contributed by atoms with Gasteiger partial charge in [0.2, 0.25) is 0 Å². The molecule has 1 aromatic carbocycles. The average molecular weight is 291 g/mol. The lowest BCUT2D eigenvalue weighted by atomic mass is 10.0. The van der Waals surface area contributed by atoms with E-state index in [0.29, 0.717) is 6.54 Å². The molecule has 6 heteroatoms. The molecular weight excluding hydrogens is 275 g/mol. The molecule has 1 heterocycles. The Morgan fingerprint density at radius 1 is 1.32 bits per heavy atom. The third-order valence-corrected chi connectivity index (χ3v) is 5.16. The minimum Gasteiger partial charge on any atom is -0.309 e. The van der Waals surface area contributed by atoms with Crippen LogP contribution in [0.4, 0.5) is 13.2 Å². The largest absolute Gasteiger partial charge is 0.416 e. The Balaban J connectivity index is 2.34. The summed E-state index contributed by atoms with van der Waals surface area (Å²) in [5.74, 6) is 0.230. The molecular formula is C13H16F3NOS. The fourth-order valence-corrected chi connectivity index (χ4v) is 3.57. The molecule has 1 aliphatic rings. The van der Waals surface area contributed by atoms with Gasteiger partial charge in [-0.25, -0.2) is 0 Å². The summed E-state index contributed by atoms with van der Waals surface area (Å²) in [5, 5.41) is 3.10. The molecule has 0 spiro atoms. The smallest absolute Gasteiger partial charge is 0.309 e. The van der Waals surface area contributed by atoms with Crippen molar-refractivity contribution in [2.75, 3.05) is 12.3 Å². The van der Waals surface area contributed by atoms with Gasteiger partial charge in [-0.15, -0.1) is 0 Å². The first-order valence-electron chi connectivity index (χ1n) is 6.16. The van der Waals surface area contributed by atoms with Crippen LogP contribution in [0.2, 0.25) is 0 Å². The molecule has 0 aromatic heterocycles. The van der Waals surface area contributed by atoms with E-state index in [4.69, 9.17) is 0 Å². The normalized spacial score (nSPS) is 28.9. The topological polar surface area (TPSA) is 29.1 Å². The quantitative estimate of drug-likeness (QED) is 0.862. The van der Waals surface area contributed by atoms with Gasteiger partial charge in [-0.1, -0.05) is 25.1 Å². The van der Waals surface area contributed by atoms with Crippen molar-refractivity contribution < 1.29 is 17.4 Å². The van der Waals surface area contributed by atoms with Crippen molar-refractivity contribution in [2.24, 2.45) is 0 Å². The van der Waals surface area contributed by atoms with Crippen molar-refractivity contribution in [3.05, 3.63) is 35.4 Å². The number of nitrogens with one attached hydrogen (secondary N) is 1. The Bertz CT molecular complexity index is 475. The fraction of sp³-hybridized carbons (Fsp3) is 0.538. The van der Waals surface area contributed by atoms with Crippen LogP contribution in [0.15, 0.2) is 24.3 Å². The number of hydrogen-bond donors (Lipinski definition) is 1. The first-order chi connectivity index (χ1) is 8.89. The van der Waals surface area contributed by atoms with Crippen LogP contribution < -0.4 is 5.32 Å². The van der Waals surface area contributed by atoms with E-state index < -0.39 is 28.6 Å². The van der Waals surface area contributed by atoms with Crippen LogP contribution in [-0.2, 0) is 17.0 Å². The minimum atomic E-state index is -4.38. The van der Waals surface area contributed by atoms with Crippen LogP contribution in [0.5, 0.6) is 0 Å². The molecule has 1 fully saturated rings. The Kier molecular flexibility index (Phi) is 4.30. The van der Waals surface area contributed by atoms with Crippen LogP contribution in [0.3, 0.4) is 0 Å². The summed E-state index contributed by atoms with van der Waals surface area (Å²) in [6.45, 7) is 2.46. The zero-order valence-electron chi connectivity index (χ0n) is 10.5. The number of rotatable bonds is 1. The van der Waals surface area contributed by atoms with Gasteiger partial charge in [-0.3, -0.25) is 4.21 Å². The number of halogens is 3. The van der Waals surface area contributed by atoms with Crippen molar-refractivity contribution in [1.82, 2.24) is 5.32 Å². The van der Waals surface area contributed by atoms with Gasteiger partial charge in [0.25, 0.3) is 0 Å². The van der Waals surface area contributed by atoms with E-state index >= 15 is 0 Å². The molecule has 0 aliphatic carbocycles. The van der Waals surface area contributed by atoms with Crippen LogP contribution in [0.25, 0.3) is 0 Å². The number of hydrogen-bond acceptors (Lipinski definition) is 2. The van der Waals surface area contributed by atoms with Gasteiger partial charge in [-0.2, -0.15) is 13.2 Å². The average Bonchev–Trinajstić information content (AvgIpc) is 2.51. The summed E-state index contributed by atoms with van der Waals surface area (Å²) in [7, 11) is -1.10. The highest BCUT2D eigenvalue weighted by molar-refractivity contribution is 7.85.